The van der Waals surface area contributed by atoms with Gasteiger partial charge in [0, 0.05) is 24.7 Å². The zero-order valence-corrected chi connectivity index (χ0v) is 14.7. The first kappa shape index (κ1) is 17.5. The van der Waals surface area contributed by atoms with Crippen LogP contribution >= 0.6 is 0 Å². The second kappa shape index (κ2) is 7.36. The zero-order chi connectivity index (χ0) is 18.8. The van der Waals surface area contributed by atoms with Crippen LogP contribution < -0.4 is 11.1 Å². The molecule has 3 aromatic rings. The smallest absolute Gasteiger partial charge is 0.408 e. The summed E-state index contributed by atoms with van der Waals surface area (Å²) in [4.78, 5) is 26.5. The van der Waals surface area contributed by atoms with E-state index in [1.165, 1.54) is 24.3 Å². The average molecular weight is 369 g/mol. The molecule has 2 aromatic carbocycles. The number of likely N-dealkylation sites (tertiary alicyclic amines) is 1. The lowest BCUT2D eigenvalue weighted by Gasteiger charge is -2.32. The van der Waals surface area contributed by atoms with Crippen LogP contribution in [0.25, 0.3) is 11.1 Å². The fourth-order valence-electron chi connectivity index (χ4n) is 3.44. The number of benzene rings is 2. The van der Waals surface area contributed by atoms with E-state index >= 15 is 0 Å². The number of carbonyl (C=O) groups is 1. The number of amides is 1. The molecule has 1 amide bonds. The number of halogens is 1. The molecule has 140 valence electrons. The Hall–Kier alpha value is -2.93. The number of carbonyl (C=O) groups excluding carboxylic acids is 1. The molecule has 1 saturated heterocycles. The van der Waals surface area contributed by atoms with E-state index < -0.39 is 0 Å². The van der Waals surface area contributed by atoms with Crippen molar-refractivity contribution >= 4 is 17.0 Å². The summed E-state index contributed by atoms with van der Waals surface area (Å²) in [7, 11) is 0. The van der Waals surface area contributed by atoms with Crippen molar-refractivity contribution in [2.45, 2.75) is 25.6 Å². The summed E-state index contributed by atoms with van der Waals surface area (Å²) >= 11 is 0. The number of oxazole rings is 1. The van der Waals surface area contributed by atoms with Crippen LogP contribution in [0.1, 0.15) is 23.2 Å². The summed E-state index contributed by atoms with van der Waals surface area (Å²) in [6, 6.07) is 13.0. The second-order valence-electron chi connectivity index (χ2n) is 6.78. The Balaban J connectivity index is 1.35. The highest BCUT2D eigenvalue weighted by Gasteiger charge is 2.22. The Bertz CT molecular complexity index is 1000. The lowest BCUT2D eigenvalue weighted by atomic mass is 10.0. The van der Waals surface area contributed by atoms with E-state index in [4.69, 9.17) is 4.42 Å². The lowest BCUT2D eigenvalue weighted by molar-refractivity contribution is 0.0899. The molecule has 1 N–H and O–H groups in total. The first-order valence-corrected chi connectivity index (χ1v) is 8.97. The molecular weight excluding hydrogens is 349 g/mol. The lowest BCUT2D eigenvalue weighted by Crippen LogP contribution is -2.45. The molecule has 0 aliphatic carbocycles. The fourth-order valence-corrected chi connectivity index (χ4v) is 3.44. The minimum atomic E-state index is -0.359. The van der Waals surface area contributed by atoms with E-state index in [0.29, 0.717) is 17.8 Å². The van der Waals surface area contributed by atoms with Crippen LogP contribution in [0, 0.1) is 5.82 Å². The van der Waals surface area contributed by atoms with Gasteiger partial charge in [0.1, 0.15) is 5.82 Å². The highest BCUT2D eigenvalue weighted by atomic mass is 19.1. The summed E-state index contributed by atoms with van der Waals surface area (Å²) in [5.74, 6) is -0.907. The van der Waals surface area contributed by atoms with Crippen LogP contribution in [-0.4, -0.2) is 34.5 Å². The maximum absolute atomic E-state index is 13.0. The van der Waals surface area contributed by atoms with Crippen molar-refractivity contribution in [1.29, 1.82) is 0 Å². The molecule has 1 aliphatic rings. The minimum Gasteiger partial charge on any atom is -0.408 e. The van der Waals surface area contributed by atoms with Gasteiger partial charge < -0.3 is 9.73 Å². The molecule has 0 unspecified atom stereocenters. The van der Waals surface area contributed by atoms with E-state index in [-0.39, 0.29) is 23.5 Å². The van der Waals surface area contributed by atoms with Crippen molar-refractivity contribution in [3.8, 4) is 0 Å². The maximum Gasteiger partial charge on any atom is 0.421 e. The number of aromatic nitrogens is 1. The van der Waals surface area contributed by atoms with Gasteiger partial charge in [0.25, 0.3) is 5.91 Å². The third-order valence-electron chi connectivity index (χ3n) is 4.94. The van der Waals surface area contributed by atoms with Gasteiger partial charge in [0.15, 0.2) is 5.58 Å². The molecule has 6 nitrogen and oxygen atoms in total. The maximum atomic E-state index is 13.0. The van der Waals surface area contributed by atoms with Crippen LogP contribution in [0.15, 0.2) is 57.7 Å². The summed E-state index contributed by atoms with van der Waals surface area (Å²) in [6.07, 6.45) is 1.58. The molecule has 2 heterocycles. The zero-order valence-electron chi connectivity index (χ0n) is 14.7. The van der Waals surface area contributed by atoms with Gasteiger partial charge in [-0.15, -0.1) is 0 Å². The molecule has 27 heavy (non-hydrogen) atoms. The van der Waals surface area contributed by atoms with E-state index in [0.717, 1.165) is 31.4 Å². The van der Waals surface area contributed by atoms with Crippen molar-refractivity contribution in [1.82, 2.24) is 14.8 Å². The summed E-state index contributed by atoms with van der Waals surface area (Å²) in [5, 5.41) is 3.00. The molecular formula is C20H20FN3O3. The largest absolute Gasteiger partial charge is 0.421 e. The number of piperidine rings is 1. The molecule has 7 heteroatoms. The second-order valence-corrected chi connectivity index (χ2v) is 6.78. The van der Waals surface area contributed by atoms with Crippen LogP contribution in [-0.2, 0) is 6.67 Å². The Kier molecular flexibility index (Phi) is 4.77. The molecule has 0 saturated carbocycles. The molecule has 0 atom stereocenters. The van der Waals surface area contributed by atoms with Gasteiger partial charge >= 0.3 is 5.76 Å². The highest BCUT2D eigenvalue weighted by Crippen LogP contribution is 2.16. The average Bonchev–Trinajstić information content (AvgIpc) is 2.99. The standard InChI is InChI=1S/C20H20FN3O3/c21-15-7-5-14(6-8-15)19(25)22-16-9-11-23(12-10-16)13-24-17-3-1-2-4-18(17)27-20(24)26/h1-8,16H,9-13H2,(H,22,25). The van der Waals surface area contributed by atoms with Crippen molar-refractivity contribution in [3.63, 3.8) is 0 Å². The Labute approximate surface area is 155 Å². The van der Waals surface area contributed by atoms with Crippen LogP contribution in [0.5, 0.6) is 0 Å². The van der Waals surface area contributed by atoms with E-state index in [2.05, 4.69) is 10.2 Å². The summed E-state index contributed by atoms with van der Waals surface area (Å²) in [5.41, 5.74) is 1.83. The van der Waals surface area contributed by atoms with E-state index in [1.54, 1.807) is 10.6 Å². The van der Waals surface area contributed by atoms with Gasteiger partial charge in [0.2, 0.25) is 0 Å². The van der Waals surface area contributed by atoms with Crippen molar-refractivity contribution < 1.29 is 13.6 Å². The van der Waals surface area contributed by atoms with Crippen LogP contribution in [0.3, 0.4) is 0 Å². The van der Waals surface area contributed by atoms with Crippen LogP contribution in [0.2, 0.25) is 0 Å². The Morgan fingerprint density at radius 1 is 1.11 bits per heavy atom. The van der Waals surface area contributed by atoms with Gasteiger partial charge in [0.05, 0.1) is 12.2 Å². The van der Waals surface area contributed by atoms with Gasteiger partial charge in [-0.3, -0.25) is 14.3 Å². The normalized spacial score (nSPS) is 15.9. The van der Waals surface area contributed by atoms with E-state index in [1.807, 2.05) is 18.2 Å². The van der Waals surface area contributed by atoms with Gasteiger partial charge in [-0.1, -0.05) is 12.1 Å². The number of hydrogen-bond donors (Lipinski definition) is 1. The highest BCUT2D eigenvalue weighted by molar-refractivity contribution is 5.94. The number of fused-ring (bicyclic) bond motifs is 1. The Morgan fingerprint density at radius 3 is 2.56 bits per heavy atom. The van der Waals surface area contributed by atoms with Crippen molar-refractivity contribution in [2.75, 3.05) is 13.1 Å². The predicted molar refractivity (Wildman–Crippen MR) is 98.9 cm³/mol. The SMILES string of the molecule is O=C(NC1CCN(Cn2c(=O)oc3ccccc32)CC1)c1ccc(F)cc1. The van der Waals surface area contributed by atoms with E-state index in [9.17, 15) is 14.0 Å². The monoisotopic (exact) mass is 369 g/mol. The third kappa shape index (κ3) is 3.78. The first-order chi connectivity index (χ1) is 13.1. The Morgan fingerprint density at radius 2 is 1.81 bits per heavy atom. The van der Waals surface area contributed by atoms with Gasteiger partial charge in [-0.2, -0.15) is 0 Å². The summed E-state index contributed by atoms with van der Waals surface area (Å²) < 4.78 is 19.9. The molecule has 4 rings (SSSR count). The van der Waals surface area contributed by atoms with Gasteiger partial charge in [-0.05, 0) is 49.2 Å². The molecule has 0 bridgehead atoms. The molecule has 0 spiro atoms. The van der Waals surface area contributed by atoms with Gasteiger partial charge in [-0.25, -0.2) is 9.18 Å². The molecule has 1 aliphatic heterocycles. The summed E-state index contributed by atoms with van der Waals surface area (Å²) in [6.45, 7) is 2.00. The molecule has 1 aromatic heterocycles. The van der Waals surface area contributed by atoms with Crippen molar-refractivity contribution in [2.24, 2.45) is 0 Å². The molecule has 1 fully saturated rings. The van der Waals surface area contributed by atoms with Crippen LogP contribution in [0.4, 0.5) is 4.39 Å². The first-order valence-electron chi connectivity index (χ1n) is 8.97. The quantitative estimate of drug-likeness (QED) is 0.768. The fraction of sp³-hybridized carbons (Fsp3) is 0.300. The third-order valence-corrected chi connectivity index (χ3v) is 4.94. The number of hydrogen-bond acceptors (Lipinski definition) is 4. The topological polar surface area (TPSA) is 67.5 Å². The van der Waals surface area contributed by atoms with Crippen molar-refractivity contribution in [3.05, 3.63) is 70.5 Å². The number of para-hydroxylation sites is 2. The molecule has 0 radical (unpaired) electrons. The predicted octanol–water partition coefficient (Wildman–Crippen LogP) is 2.59. The number of nitrogens with zero attached hydrogens (tertiary/aromatic N) is 2. The number of rotatable bonds is 4. The minimum absolute atomic E-state index is 0.0663. The number of nitrogens with one attached hydrogen (secondary N) is 1.